The number of benzene rings is 3. The predicted octanol–water partition coefficient (Wildman–Crippen LogP) is 5.24. The summed E-state index contributed by atoms with van der Waals surface area (Å²) in [5, 5.41) is 0. The lowest BCUT2D eigenvalue weighted by Crippen LogP contribution is -2.31. The molecule has 0 saturated carbocycles. The minimum atomic E-state index is -0.966. The van der Waals surface area contributed by atoms with Crippen molar-refractivity contribution in [2.45, 2.75) is 25.1 Å². The fourth-order valence-electron chi connectivity index (χ4n) is 3.73. The van der Waals surface area contributed by atoms with Crippen molar-refractivity contribution in [3.05, 3.63) is 119 Å². The summed E-state index contributed by atoms with van der Waals surface area (Å²) in [4.78, 5) is 0. The van der Waals surface area contributed by atoms with Crippen LogP contribution in [0.15, 0.2) is 96.8 Å². The molecule has 0 aliphatic carbocycles. The van der Waals surface area contributed by atoms with Crippen molar-refractivity contribution in [3.63, 3.8) is 0 Å². The Morgan fingerprint density at radius 3 is 2.11 bits per heavy atom. The lowest BCUT2D eigenvalue weighted by molar-refractivity contribution is -0.234. The molecule has 0 N–H and O–H groups in total. The van der Waals surface area contributed by atoms with Gasteiger partial charge in [0.25, 0.3) is 5.79 Å². The highest BCUT2D eigenvalue weighted by molar-refractivity contribution is 5.47. The van der Waals surface area contributed by atoms with Crippen LogP contribution >= 0.6 is 0 Å². The molecule has 2 heterocycles. The SMILES string of the molecule is C1=C(OCc2ccccc2)C2(OCc3ccccc3)OC1c1ccccc12. The fraction of sp³-hybridized carbons (Fsp3) is 0.167. The summed E-state index contributed by atoms with van der Waals surface area (Å²) in [5.41, 5.74) is 4.41. The van der Waals surface area contributed by atoms with Crippen molar-refractivity contribution in [2.75, 3.05) is 0 Å². The van der Waals surface area contributed by atoms with E-state index < -0.39 is 5.79 Å². The highest BCUT2D eigenvalue weighted by Gasteiger charge is 2.55. The molecule has 5 rings (SSSR count). The minimum absolute atomic E-state index is 0.122. The van der Waals surface area contributed by atoms with E-state index in [9.17, 15) is 0 Å². The zero-order valence-corrected chi connectivity index (χ0v) is 14.9. The topological polar surface area (TPSA) is 27.7 Å². The van der Waals surface area contributed by atoms with Crippen LogP contribution in [0.4, 0.5) is 0 Å². The number of hydrogen-bond donors (Lipinski definition) is 0. The molecule has 0 saturated heterocycles. The van der Waals surface area contributed by atoms with E-state index in [4.69, 9.17) is 14.2 Å². The lowest BCUT2D eigenvalue weighted by Gasteiger charge is -2.30. The van der Waals surface area contributed by atoms with Crippen LogP contribution in [0.1, 0.15) is 28.4 Å². The van der Waals surface area contributed by atoms with Crippen molar-refractivity contribution in [1.82, 2.24) is 0 Å². The van der Waals surface area contributed by atoms with Gasteiger partial charge in [-0.3, -0.25) is 0 Å². The Morgan fingerprint density at radius 1 is 0.741 bits per heavy atom. The van der Waals surface area contributed by atoms with Crippen LogP contribution < -0.4 is 0 Å². The van der Waals surface area contributed by atoms with Crippen molar-refractivity contribution in [2.24, 2.45) is 0 Å². The van der Waals surface area contributed by atoms with Gasteiger partial charge in [0.2, 0.25) is 0 Å². The van der Waals surface area contributed by atoms with Crippen molar-refractivity contribution in [3.8, 4) is 0 Å². The molecule has 0 radical (unpaired) electrons. The van der Waals surface area contributed by atoms with Gasteiger partial charge in [0.15, 0.2) is 5.76 Å². The summed E-state index contributed by atoms with van der Waals surface area (Å²) in [7, 11) is 0. The van der Waals surface area contributed by atoms with Crippen LogP contribution in [-0.4, -0.2) is 0 Å². The quantitative estimate of drug-likeness (QED) is 0.604. The van der Waals surface area contributed by atoms with Crippen LogP contribution in [0.3, 0.4) is 0 Å². The monoisotopic (exact) mass is 356 g/mol. The van der Waals surface area contributed by atoms with E-state index in [1.807, 2.05) is 54.6 Å². The number of fused-ring (bicyclic) bond motifs is 5. The molecule has 2 unspecified atom stereocenters. The molecular weight excluding hydrogens is 336 g/mol. The molecule has 2 atom stereocenters. The van der Waals surface area contributed by atoms with E-state index in [0.29, 0.717) is 13.2 Å². The number of ether oxygens (including phenoxy) is 3. The molecule has 134 valence electrons. The second kappa shape index (κ2) is 6.69. The summed E-state index contributed by atoms with van der Waals surface area (Å²) >= 11 is 0. The Labute approximate surface area is 158 Å². The van der Waals surface area contributed by atoms with Crippen molar-refractivity contribution in [1.29, 1.82) is 0 Å². The Morgan fingerprint density at radius 2 is 1.37 bits per heavy atom. The fourth-order valence-corrected chi connectivity index (χ4v) is 3.73. The Balaban J connectivity index is 1.43. The zero-order valence-electron chi connectivity index (χ0n) is 14.9. The lowest BCUT2D eigenvalue weighted by atomic mass is 9.93. The molecule has 27 heavy (non-hydrogen) atoms. The van der Waals surface area contributed by atoms with Gasteiger partial charge >= 0.3 is 0 Å². The van der Waals surface area contributed by atoms with Gasteiger partial charge in [-0.15, -0.1) is 0 Å². The first-order chi connectivity index (χ1) is 13.4. The van der Waals surface area contributed by atoms with Gasteiger partial charge in [0, 0.05) is 5.56 Å². The van der Waals surface area contributed by atoms with Crippen LogP contribution in [0.5, 0.6) is 0 Å². The summed E-state index contributed by atoms with van der Waals surface area (Å²) in [6.45, 7) is 0.940. The molecule has 0 amide bonds. The van der Waals surface area contributed by atoms with Gasteiger partial charge in [0.05, 0.1) is 6.61 Å². The molecule has 2 aliphatic heterocycles. The maximum Gasteiger partial charge on any atom is 0.256 e. The molecule has 3 aromatic carbocycles. The zero-order chi connectivity index (χ0) is 18.1. The molecule has 3 aromatic rings. The van der Waals surface area contributed by atoms with E-state index in [1.54, 1.807) is 0 Å². The van der Waals surface area contributed by atoms with Gasteiger partial charge in [-0.25, -0.2) is 0 Å². The highest BCUT2D eigenvalue weighted by Crippen LogP contribution is 2.55. The molecular formula is C24H20O3. The second-order valence-electron chi connectivity index (χ2n) is 6.82. The average molecular weight is 356 g/mol. The van der Waals surface area contributed by atoms with Gasteiger partial charge in [0.1, 0.15) is 12.7 Å². The first kappa shape index (κ1) is 16.3. The third-order valence-corrected chi connectivity index (χ3v) is 5.06. The minimum Gasteiger partial charge on any atom is -0.487 e. The van der Waals surface area contributed by atoms with Gasteiger partial charge < -0.3 is 14.2 Å². The van der Waals surface area contributed by atoms with Crippen LogP contribution in [0, 0.1) is 0 Å². The summed E-state index contributed by atoms with van der Waals surface area (Å²) in [6, 6.07) is 28.5. The maximum atomic E-state index is 6.38. The Kier molecular flexibility index (Phi) is 4.04. The van der Waals surface area contributed by atoms with Crippen LogP contribution in [0.25, 0.3) is 0 Å². The molecule has 0 spiro atoms. The van der Waals surface area contributed by atoms with Crippen LogP contribution in [-0.2, 0) is 33.2 Å². The molecule has 3 nitrogen and oxygen atoms in total. The number of hydrogen-bond acceptors (Lipinski definition) is 3. The largest absolute Gasteiger partial charge is 0.487 e. The summed E-state index contributed by atoms with van der Waals surface area (Å²) < 4.78 is 18.9. The van der Waals surface area contributed by atoms with E-state index in [0.717, 1.165) is 28.0 Å². The van der Waals surface area contributed by atoms with Crippen molar-refractivity contribution >= 4 is 0 Å². The Hall–Kier alpha value is -2.88. The second-order valence-corrected chi connectivity index (χ2v) is 6.82. The smallest absolute Gasteiger partial charge is 0.256 e. The van der Waals surface area contributed by atoms with E-state index in [-0.39, 0.29) is 6.10 Å². The third-order valence-electron chi connectivity index (χ3n) is 5.06. The van der Waals surface area contributed by atoms with Crippen molar-refractivity contribution < 1.29 is 14.2 Å². The first-order valence-electron chi connectivity index (χ1n) is 9.19. The number of rotatable bonds is 6. The van der Waals surface area contributed by atoms with E-state index in [2.05, 4.69) is 36.4 Å². The summed E-state index contributed by atoms with van der Waals surface area (Å²) in [5.74, 6) is -0.225. The standard InChI is InChI=1S/C24H20O3/c1-3-9-18(10-4-1)16-25-23-15-22-20-13-7-8-14-21(20)24(23,27-22)26-17-19-11-5-2-6-12-19/h1-15,22H,16-17H2. The molecule has 0 aromatic heterocycles. The molecule has 3 heteroatoms. The maximum absolute atomic E-state index is 6.38. The third kappa shape index (κ3) is 2.85. The van der Waals surface area contributed by atoms with Gasteiger partial charge in [-0.2, -0.15) is 0 Å². The summed E-state index contributed by atoms with van der Waals surface area (Å²) in [6.07, 6.45) is 1.92. The molecule has 2 bridgehead atoms. The van der Waals surface area contributed by atoms with Gasteiger partial charge in [-0.1, -0.05) is 84.9 Å². The van der Waals surface area contributed by atoms with E-state index >= 15 is 0 Å². The van der Waals surface area contributed by atoms with Crippen LogP contribution in [0.2, 0.25) is 0 Å². The van der Waals surface area contributed by atoms with E-state index in [1.165, 1.54) is 0 Å². The molecule has 0 fully saturated rings. The first-order valence-corrected chi connectivity index (χ1v) is 9.19. The highest BCUT2D eigenvalue weighted by atomic mass is 16.7. The predicted molar refractivity (Wildman–Crippen MR) is 102 cm³/mol. The normalized spacial score (nSPS) is 22.4. The molecule has 2 aliphatic rings. The Bertz CT molecular complexity index is 965. The average Bonchev–Trinajstić information content (AvgIpc) is 3.27. The van der Waals surface area contributed by atoms with Gasteiger partial charge in [-0.05, 0) is 22.8 Å².